The minimum atomic E-state index is -1.29. The van der Waals surface area contributed by atoms with E-state index in [0.29, 0.717) is 22.3 Å². The van der Waals surface area contributed by atoms with E-state index in [9.17, 15) is 23.6 Å². The maximum atomic E-state index is 14.1. The molecule has 208 valence electrons. The fourth-order valence-electron chi connectivity index (χ4n) is 6.60. The van der Waals surface area contributed by atoms with E-state index in [1.807, 2.05) is 48.5 Å². The van der Waals surface area contributed by atoms with Crippen molar-refractivity contribution in [1.29, 1.82) is 0 Å². The third kappa shape index (κ3) is 3.50. The van der Waals surface area contributed by atoms with Crippen molar-refractivity contribution >= 4 is 52.5 Å². The molecular formula is C33H20Cl2FNO5. The number of benzene rings is 4. The van der Waals surface area contributed by atoms with Gasteiger partial charge in [0.15, 0.2) is 12.4 Å². The molecule has 2 amide bonds. The van der Waals surface area contributed by atoms with Crippen LogP contribution in [0, 0.1) is 17.7 Å². The van der Waals surface area contributed by atoms with E-state index in [0.717, 1.165) is 17.0 Å². The number of Topliss-reactive ketones (excluding diaryl/α,β-unsaturated/α-hetero) is 1. The first-order chi connectivity index (χ1) is 20.2. The van der Waals surface area contributed by atoms with Crippen LogP contribution in [0.2, 0.25) is 0 Å². The molecule has 0 saturated carbocycles. The molecule has 1 fully saturated rings. The molecule has 42 heavy (non-hydrogen) atoms. The monoisotopic (exact) mass is 599 g/mol. The highest BCUT2D eigenvalue weighted by atomic mass is 35.5. The summed E-state index contributed by atoms with van der Waals surface area (Å²) < 4.78 is 18.2. The van der Waals surface area contributed by atoms with Gasteiger partial charge in [-0.1, -0.05) is 48.5 Å². The summed E-state index contributed by atoms with van der Waals surface area (Å²) in [7, 11) is 0. The Kier molecular flexibility index (Phi) is 5.91. The molecule has 8 rings (SSSR count). The number of halogens is 3. The third-order valence-electron chi connectivity index (χ3n) is 8.45. The highest BCUT2D eigenvalue weighted by Crippen LogP contribution is 2.69. The van der Waals surface area contributed by atoms with Crippen LogP contribution in [-0.2, 0) is 24.1 Å². The highest BCUT2D eigenvalue weighted by molar-refractivity contribution is 6.38. The summed E-state index contributed by atoms with van der Waals surface area (Å²) in [4.78, 5) is 51.5. The number of amides is 2. The van der Waals surface area contributed by atoms with Crippen molar-refractivity contribution in [1.82, 2.24) is 0 Å². The average Bonchev–Trinajstić information content (AvgIpc) is 3.29. The van der Waals surface area contributed by atoms with E-state index in [1.54, 1.807) is 0 Å². The van der Waals surface area contributed by atoms with Gasteiger partial charge in [0.2, 0.25) is 11.8 Å². The average molecular weight is 600 g/mol. The first kappa shape index (κ1) is 26.6. The fourth-order valence-corrected chi connectivity index (χ4v) is 7.70. The van der Waals surface area contributed by atoms with Crippen LogP contribution >= 0.6 is 23.2 Å². The molecule has 0 radical (unpaired) electrons. The van der Waals surface area contributed by atoms with Crippen molar-refractivity contribution in [2.45, 2.75) is 9.75 Å². The van der Waals surface area contributed by atoms with Gasteiger partial charge in [-0.2, -0.15) is 0 Å². The van der Waals surface area contributed by atoms with Crippen LogP contribution < -0.4 is 4.90 Å². The van der Waals surface area contributed by atoms with E-state index in [2.05, 4.69) is 0 Å². The zero-order valence-electron chi connectivity index (χ0n) is 21.7. The van der Waals surface area contributed by atoms with E-state index >= 15 is 0 Å². The standard InChI is InChI=1S/C33H20Cl2FNO5/c34-32-22-5-1-2-6-23(22)33(35,25-8-4-3-7-24(25)32)28-27(32)29(39)37(30(28)40)21-15-11-19(12-16-21)31(41)42-17-26(38)18-9-13-20(36)14-10-18/h1-16,27-28H,17H2/t27-,28+,32?,33?. The van der Waals surface area contributed by atoms with Gasteiger partial charge in [-0.3, -0.25) is 14.4 Å². The summed E-state index contributed by atoms with van der Waals surface area (Å²) in [6.45, 7) is -0.532. The van der Waals surface area contributed by atoms with Gasteiger partial charge in [0.25, 0.3) is 0 Å². The number of rotatable bonds is 5. The number of esters is 1. The molecule has 0 N–H and O–H groups in total. The van der Waals surface area contributed by atoms with Gasteiger partial charge in [0, 0.05) is 5.56 Å². The lowest BCUT2D eigenvalue weighted by Crippen LogP contribution is -2.57. The molecule has 0 unspecified atom stereocenters. The van der Waals surface area contributed by atoms with E-state index in [-0.39, 0.29) is 16.8 Å². The lowest BCUT2D eigenvalue weighted by molar-refractivity contribution is -0.122. The van der Waals surface area contributed by atoms with Gasteiger partial charge in [-0.15, -0.1) is 23.2 Å². The van der Waals surface area contributed by atoms with Crippen molar-refractivity contribution in [3.05, 3.63) is 136 Å². The maximum absolute atomic E-state index is 14.1. The number of ether oxygens (including phenoxy) is 1. The molecule has 2 bridgehead atoms. The summed E-state index contributed by atoms with van der Waals surface area (Å²) in [6, 6.07) is 25.4. The van der Waals surface area contributed by atoms with Crippen LogP contribution in [0.3, 0.4) is 0 Å². The smallest absolute Gasteiger partial charge is 0.338 e. The third-order valence-corrected chi connectivity index (χ3v) is 9.73. The first-order valence-corrected chi connectivity index (χ1v) is 13.9. The Morgan fingerprint density at radius 1 is 0.690 bits per heavy atom. The van der Waals surface area contributed by atoms with Crippen LogP contribution in [0.1, 0.15) is 43.0 Å². The second-order valence-corrected chi connectivity index (χ2v) is 11.7. The molecule has 9 heteroatoms. The second kappa shape index (κ2) is 9.34. The van der Waals surface area contributed by atoms with Gasteiger partial charge in [-0.05, 0) is 70.8 Å². The van der Waals surface area contributed by atoms with Crippen molar-refractivity contribution in [3.63, 3.8) is 0 Å². The number of hydrogen-bond donors (Lipinski definition) is 0. The Morgan fingerprint density at radius 3 is 1.57 bits per heavy atom. The molecule has 3 aliphatic carbocycles. The SMILES string of the molecule is O=C(COC(=O)c1ccc(N2C(=O)[C@@H]3[C@H](C2=O)C2(Cl)c4ccccc4C3(Cl)c3ccccc32)cc1)c1ccc(F)cc1. The normalized spacial score (nSPS) is 25.1. The molecule has 1 saturated heterocycles. The molecule has 1 aliphatic heterocycles. The molecule has 1 heterocycles. The van der Waals surface area contributed by atoms with Gasteiger partial charge in [-0.25, -0.2) is 14.1 Å². The lowest BCUT2D eigenvalue weighted by atomic mass is 9.54. The Morgan fingerprint density at radius 2 is 1.12 bits per heavy atom. The van der Waals surface area contributed by atoms with Crippen molar-refractivity contribution in [3.8, 4) is 0 Å². The van der Waals surface area contributed by atoms with E-state index < -0.39 is 57.6 Å². The van der Waals surface area contributed by atoms with Gasteiger partial charge < -0.3 is 4.74 Å². The quantitative estimate of drug-likeness (QED) is 0.122. The van der Waals surface area contributed by atoms with Crippen molar-refractivity contribution in [2.24, 2.45) is 11.8 Å². The van der Waals surface area contributed by atoms with Crippen molar-refractivity contribution in [2.75, 3.05) is 11.5 Å². The summed E-state index contributed by atoms with van der Waals surface area (Å²) in [6.07, 6.45) is 0. The number of alkyl halides is 2. The summed E-state index contributed by atoms with van der Waals surface area (Å²) in [5.41, 5.74) is 3.40. The summed E-state index contributed by atoms with van der Waals surface area (Å²) in [5, 5.41) is 0. The largest absolute Gasteiger partial charge is 0.454 e. The first-order valence-electron chi connectivity index (χ1n) is 13.2. The minimum absolute atomic E-state index is 0.115. The summed E-state index contributed by atoms with van der Waals surface area (Å²) >= 11 is 14.9. The Labute approximate surface area is 249 Å². The van der Waals surface area contributed by atoms with Crippen LogP contribution in [0.4, 0.5) is 10.1 Å². The minimum Gasteiger partial charge on any atom is -0.454 e. The van der Waals surface area contributed by atoms with Crippen LogP contribution in [0.25, 0.3) is 0 Å². The number of carbonyl (C=O) groups excluding carboxylic acids is 4. The number of ketones is 1. The predicted molar refractivity (Wildman–Crippen MR) is 153 cm³/mol. The molecule has 4 aromatic rings. The van der Waals surface area contributed by atoms with E-state index in [1.165, 1.54) is 36.4 Å². The molecule has 0 aromatic heterocycles. The summed E-state index contributed by atoms with van der Waals surface area (Å²) in [5.74, 6) is -4.59. The fraction of sp³-hybridized carbons (Fsp3) is 0.152. The molecule has 0 spiro atoms. The zero-order chi connectivity index (χ0) is 29.4. The topological polar surface area (TPSA) is 80.8 Å². The lowest BCUT2D eigenvalue weighted by Gasteiger charge is -2.54. The maximum Gasteiger partial charge on any atom is 0.338 e. The Balaban J connectivity index is 1.18. The molecule has 2 atom stereocenters. The molecule has 4 aliphatic rings. The van der Waals surface area contributed by atoms with Crippen LogP contribution in [0.15, 0.2) is 97.1 Å². The number of hydrogen-bond acceptors (Lipinski definition) is 5. The zero-order valence-corrected chi connectivity index (χ0v) is 23.2. The number of nitrogens with zero attached hydrogens (tertiary/aromatic N) is 1. The molecule has 4 aromatic carbocycles. The van der Waals surface area contributed by atoms with Gasteiger partial charge >= 0.3 is 5.97 Å². The number of carbonyl (C=O) groups is 4. The predicted octanol–water partition coefficient (Wildman–Crippen LogP) is 5.96. The Bertz CT molecular complexity index is 1700. The Hall–Kier alpha value is -4.33. The van der Waals surface area contributed by atoms with Gasteiger partial charge in [0.05, 0.1) is 23.1 Å². The number of imide groups is 1. The van der Waals surface area contributed by atoms with E-state index in [4.69, 9.17) is 27.9 Å². The molecular weight excluding hydrogens is 580 g/mol. The van der Waals surface area contributed by atoms with Crippen molar-refractivity contribution < 1.29 is 28.3 Å². The van der Waals surface area contributed by atoms with Crippen LogP contribution in [-0.4, -0.2) is 30.2 Å². The molecule has 6 nitrogen and oxygen atoms in total. The second-order valence-electron chi connectivity index (χ2n) is 10.5. The van der Waals surface area contributed by atoms with Crippen LogP contribution in [0.5, 0.6) is 0 Å². The highest BCUT2D eigenvalue weighted by Gasteiger charge is 2.73. The van der Waals surface area contributed by atoms with Gasteiger partial charge in [0.1, 0.15) is 15.6 Å². The number of anilines is 1.